The quantitative estimate of drug-likeness (QED) is 0.851. The van der Waals surface area contributed by atoms with E-state index in [0.717, 1.165) is 31.7 Å². The Kier molecular flexibility index (Phi) is 3.34. The second-order valence-corrected chi connectivity index (χ2v) is 5.57. The van der Waals surface area contributed by atoms with Crippen molar-refractivity contribution in [1.82, 2.24) is 9.47 Å². The second-order valence-electron chi connectivity index (χ2n) is 5.57. The highest BCUT2D eigenvalue weighted by atomic mass is 16.3. The van der Waals surface area contributed by atoms with Gasteiger partial charge in [0.05, 0.1) is 5.60 Å². The summed E-state index contributed by atoms with van der Waals surface area (Å²) in [6.45, 7) is 8.35. The number of fused-ring (bicyclic) bond motifs is 1. The average molecular weight is 250 g/mol. The Morgan fingerprint density at radius 3 is 2.67 bits per heavy atom. The van der Waals surface area contributed by atoms with E-state index in [1.807, 2.05) is 6.07 Å². The number of rotatable bonds is 2. The van der Waals surface area contributed by atoms with Gasteiger partial charge in [0.1, 0.15) is 0 Å². The number of aromatic nitrogens is 1. The first-order valence-corrected chi connectivity index (χ1v) is 6.51. The standard InChI is InChI=1S/C14H22N2O2/c1-5-16-7-6-12-10(9-16)8-11(14(2,3)18)13(17)15(12)4/h8,18H,5-7,9H2,1-4H3. The van der Waals surface area contributed by atoms with Crippen molar-refractivity contribution < 1.29 is 5.11 Å². The summed E-state index contributed by atoms with van der Waals surface area (Å²) >= 11 is 0. The van der Waals surface area contributed by atoms with E-state index in [4.69, 9.17) is 0 Å². The van der Waals surface area contributed by atoms with E-state index in [9.17, 15) is 9.90 Å². The number of aliphatic hydroxyl groups is 1. The van der Waals surface area contributed by atoms with E-state index in [1.165, 1.54) is 5.56 Å². The largest absolute Gasteiger partial charge is 0.386 e. The molecule has 0 fully saturated rings. The first-order valence-electron chi connectivity index (χ1n) is 6.51. The van der Waals surface area contributed by atoms with Crippen LogP contribution in [0.25, 0.3) is 0 Å². The highest BCUT2D eigenvalue weighted by molar-refractivity contribution is 5.31. The van der Waals surface area contributed by atoms with Gasteiger partial charge in [-0.05, 0) is 32.0 Å². The molecule has 2 rings (SSSR count). The van der Waals surface area contributed by atoms with E-state index in [-0.39, 0.29) is 5.56 Å². The van der Waals surface area contributed by atoms with Gasteiger partial charge in [0.2, 0.25) is 0 Å². The zero-order chi connectivity index (χ0) is 13.5. The molecular weight excluding hydrogens is 228 g/mol. The molecule has 1 N–H and O–H groups in total. The molecule has 0 amide bonds. The molecule has 4 nitrogen and oxygen atoms in total. The van der Waals surface area contributed by atoms with Crippen LogP contribution in [0.1, 0.15) is 37.6 Å². The van der Waals surface area contributed by atoms with E-state index < -0.39 is 5.60 Å². The Labute approximate surface area is 108 Å². The highest BCUT2D eigenvalue weighted by Crippen LogP contribution is 2.22. The summed E-state index contributed by atoms with van der Waals surface area (Å²) in [5.41, 5.74) is 1.60. The number of pyridine rings is 1. The maximum absolute atomic E-state index is 12.2. The van der Waals surface area contributed by atoms with Crippen molar-refractivity contribution in [2.24, 2.45) is 7.05 Å². The molecule has 0 atom stereocenters. The molecule has 100 valence electrons. The van der Waals surface area contributed by atoms with E-state index in [0.29, 0.717) is 5.56 Å². The van der Waals surface area contributed by atoms with Gasteiger partial charge in [0, 0.05) is 37.8 Å². The molecule has 0 bridgehead atoms. The summed E-state index contributed by atoms with van der Waals surface area (Å²) in [6, 6.07) is 1.89. The fourth-order valence-corrected chi connectivity index (χ4v) is 2.60. The molecule has 0 aliphatic carbocycles. The highest BCUT2D eigenvalue weighted by Gasteiger charge is 2.25. The number of hydrogen-bond acceptors (Lipinski definition) is 3. The second kappa shape index (κ2) is 4.52. The summed E-state index contributed by atoms with van der Waals surface area (Å²) in [5.74, 6) is 0. The van der Waals surface area contributed by atoms with Crippen LogP contribution in [0.2, 0.25) is 0 Å². The lowest BCUT2D eigenvalue weighted by Crippen LogP contribution is -2.38. The van der Waals surface area contributed by atoms with Gasteiger partial charge in [0.15, 0.2) is 0 Å². The average Bonchev–Trinajstić information content (AvgIpc) is 2.31. The van der Waals surface area contributed by atoms with Gasteiger partial charge < -0.3 is 9.67 Å². The Balaban J connectivity index is 2.56. The topological polar surface area (TPSA) is 45.5 Å². The summed E-state index contributed by atoms with van der Waals surface area (Å²) in [4.78, 5) is 14.6. The van der Waals surface area contributed by atoms with Crippen molar-refractivity contribution in [2.45, 2.75) is 39.3 Å². The van der Waals surface area contributed by atoms with E-state index in [1.54, 1.807) is 25.5 Å². The van der Waals surface area contributed by atoms with Gasteiger partial charge in [-0.1, -0.05) is 6.92 Å². The molecule has 2 heterocycles. The molecular formula is C14H22N2O2. The predicted molar refractivity (Wildman–Crippen MR) is 71.6 cm³/mol. The van der Waals surface area contributed by atoms with Crippen LogP contribution in [0.5, 0.6) is 0 Å². The van der Waals surface area contributed by atoms with Crippen molar-refractivity contribution in [3.05, 3.63) is 33.2 Å². The third-order valence-corrected chi connectivity index (χ3v) is 3.79. The van der Waals surface area contributed by atoms with Crippen molar-refractivity contribution in [3.8, 4) is 0 Å². The lowest BCUT2D eigenvalue weighted by Gasteiger charge is -2.30. The van der Waals surface area contributed by atoms with Crippen LogP contribution in [0.15, 0.2) is 10.9 Å². The van der Waals surface area contributed by atoms with Crippen LogP contribution in [0.3, 0.4) is 0 Å². The number of likely N-dealkylation sites (N-methyl/N-ethyl adjacent to an activating group) is 1. The smallest absolute Gasteiger partial charge is 0.256 e. The Morgan fingerprint density at radius 1 is 1.44 bits per heavy atom. The summed E-state index contributed by atoms with van der Waals surface area (Å²) in [6.07, 6.45) is 0.904. The van der Waals surface area contributed by atoms with Crippen LogP contribution in [-0.4, -0.2) is 27.7 Å². The van der Waals surface area contributed by atoms with E-state index >= 15 is 0 Å². The van der Waals surface area contributed by atoms with Gasteiger partial charge in [-0.15, -0.1) is 0 Å². The zero-order valence-corrected chi connectivity index (χ0v) is 11.7. The van der Waals surface area contributed by atoms with Crippen LogP contribution in [-0.2, 0) is 25.6 Å². The SMILES string of the molecule is CCN1CCc2c(cc(C(C)(C)O)c(=O)n2C)C1. The van der Waals surface area contributed by atoms with Crippen LogP contribution in [0.4, 0.5) is 0 Å². The first kappa shape index (κ1) is 13.3. The molecule has 0 unspecified atom stereocenters. The molecule has 0 saturated carbocycles. The van der Waals surface area contributed by atoms with Crippen LogP contribution in [0, 0.1) is 0 Å². The maximum atomic E-state index is 12.2. The fourth-order valence-electron chi connectivity index (χ4n) is 2.60. The van der Waals surface area contributed by atoms with Crippen molar-refractivity contribution in [2.75, 3.05) is 13.1 Å². The lowest BCUT2D eigenvalue weighted by atomic mass is 9.95. The minimum absolute atomic E-state index is 0.0776. The minimum atomic E-state index is -1.08. The molecule has 1 aliphatic rings. The van der Waals surface area contributed by atoms with Crippen LogP contribution >= 0.6 is 0 Å². The summed E-state index contributed by atoms with van der Waals surface area (Å²) in [7, 11) is 1.80. The van der Waals surface area contributed by atoms with Crippen molar-refractivity contribution in [1.29, 1.82) is 0 Å². The molecule has 0 spiro atoms. The third kappa shape index (κ3) is 2.22. The molecule has 0 aromatic carbocycles. The molecule has 0 saturated heterocycles. The van der Waals surface area contributed by atoms with Crippen LogP contribution < -0.4 is 5.56 Å². The van der Waals surface area contributed by atoms with Gasteiger partial charge in [0.25, 0.3) is 5.56 Å². The molecule has 4 heteroatoms. The Morgan fingerprint density at radius 2 is 2.11 bits per heavy atom. The van der Waals surface area contributed by atoms with Crippen molar-refractivity contribution >= 4 is 0 Å². The molecule has 1 aliphatic heterocycles. The first-order chi connectivity index (χ1) is 8.34. The normalized spacial score (nSPS) is 16.7. The Hall–Kier alpha value is -1.13. The molecule has 18 heavy (non-hydrogen) atoms. The monoisotopic (exact) mass is 250 g/mol. The lowest BCUT2D eigenvalue weighted by molar-refractivity contribution is 0.0762. The van der Waals surface area contributed by atoms with Gasteiger partial charge in [-0.3, -0.25) is 9.69 Å². The molecule has 1 aromatic heterocycles. The summed E-state index contributed by atoms with van der Waals surface area (Å²) in [5, 5.41) is 10.1. The van der Waals surface area contributed by atoms with Gasteiger partial charge >= 0.3 is 0 Å². The predicted octanol–water partition coefficient (Wildman–Crippen LogP) is 0.991. The number of hydrogen-bond donors (Lipinski definition) is 1. The van der Waals surface area contributed by atoms with Gasteiger partial charge in [-0.25, -0.2) is 0 Å². The summed E-state index contributed by atoms with van der Waals surface area (Å²) < 4.78 is 1.70. The number of nitrogens with zero attached hydrogens (tertiary/aromatic N) is 2. The Bertz CT molecular complexity index is 512. The fraction of sp³-hybridized carbons (Fsp3) is 0.643. The molecule has 1 aromatic rings. The zero-order valence-electron chi connectivity index (χ0n) is 11.7. The molecule has 0 radical (unpaired) electrons. The third-order valence-electron chi connectivity index (χ3n) is 3.79. The minimum Gasteiger partial charge on any atom is -0.386 e. The van der Waals surface area contributed by atoms with E-state index in [2.05, 4.69) is 11.8 Å². The van der Waals surface area contributed by atoms with Gasteiger partial charge in [-0.2, -0.15) is 0 Å². The van der Waals surface area contributed by atoms with Crippen molar-refractivity contribution in [3.63, 3.8) is 0 Å². The maximum Gasteiger partial charge on any atom is 0.256 e.